The predicted molar refractivity (Wildman–Crippen MR) is 66.9 cm³/mol. The number of hydrogen-bond acceptors (Lipinski definition) is 4. The van der Waals surface area contributed by atoms with E-state index in [-0.39, 0.29) is 18.4 Å². The first-order chi connectivity index (χ1) is 8.09. The Hall–Kier alpha value is -1.56. The molecule has 1 aromatic heterocycles. The van der Waals surface area contributed by atoms with Crippen molar-refractivity contribution in [2.45, 2.75) is 6.42 Å². The third kappa shape index (κ3) is 2.41. The summed E-state index contributed by atoms with van der Waals surface area (Å²) in [5, 5.41) is 1.79. The van der Waals surface area contributed by atoms with Crippen molar-refractivity contribution in [2.75, 3.05) is 32.4 Å². The molecule has 1 fully saturated rings. The summed E-state index contributed by atoms with van der Waals surface area (Å²) in [6.07, 6.45) is 0.805. The van der Waals surface area contributed by atoms with Crippen LogP contribution >= 0.6 is 11.3 Å². The minimum Gasteiger partial charge on any atom is -0.397 e. The average molecular weight is 253 g/mol. The number of rotatable bonds is 1. The number of hydrogen-bond donors (Lipinski definition) is 1. The van der Waals surface area contributed by atoms with Crippen molar-refractivity contribution in [3.63, 3.8) is 0 Å². The van der Waals surface area contributed by atoms with E-state index in [4.69, 9.17) is 5.73 Å². The largest absolute Gasteiger partial charge is 0.397 e. The number of nitrogens with two attached hydrogens (primary N) is 1. The topological polar surface area (TPSA) is 66.6 Å². The van der Waals surface area contributed by atoms with E-state index in [1.54, 1.807) is 28.3 Å². The average Bonchev–Trinajstić information content (AvgIpc) is 2.65. The molecule has 2 N–H and O–H groups in total. The van der Waals surface area contributed by atoms with Crippen LogP contribution < -0.4 is 5.73 Å². The van der Waals surface area contributed by atoms with Gasteiger partial charge >= 0.3 is 0 Å². The number of carbonyl (C=O) groups excluding carboxylic acids is 2. The molecule has 0 atom stereocenters. The Morgan fingerprint density at radius 1 is 1.47 bits per heavy atom. The van der Waals surface area contributed by atoms with Crippen LogP contribution in [0.5, 0.6) is 0 Å². The monoisotopic (exact) mass is 253 g/mol. The minimum atomic E-state index is -0.138. The van der Waals surface area contributed by atoms with Gasteiger partial charge in [-0.15, -0.1) is 11.3 Å². The van der Waals surface area contributed by atoms with Gasteiger partial charge in [0.15, 0.2) is 0 Å². The SMILES string of the molecule is CN1CCCN(C(=O)c2sccc2N)CC1=O. The van der Waals surface area contributed by atoms with Gasteiger partial charge in [0.1, 0.15) is 11.4 Å². The Balaban J connectivity index is 2.15. The predicted octanol–water partition coefficient (Wildman–Crippen LogP) is 0.635. The van der Waals surface area contributed by atoms with E-state index in [1.165, 1.54) is 11.3 Å². The van der Waals surface area contributed by atoms with Crippen LogP contribution in [0.4, 0.5) is 5.69 Å². The van der Waals surface area contributed by atoms with Gasteiger partial charge in [0.25, 0.3) is 5.91 Å². The molecule has 92 valence electrons. The smallest absolute Gasteiger partial charge is 0.266 e. The molecule has 0 spiro atoms. The van der Waals surface area contributed by atoms with Crippen LogP contribution in [0.15, 0.2) is 11.4 Å². The minimum absolute atomic E-state index is 0.0222. The molecule has 1 aliphatic rings. The quantitative estimate of drug-likeness (QED) is 0.798. The first kappa shape index (κ1) is 11.9. The third-order valence-electron chi connectivity index (χ3n) is 2.85. The van der Waals surface area contributed by atoms with E-state index in [0.29, 0.717) is 23.7 Å². The highest BCUT2D eigenvalue weighted by molar-refractivity contribution is 7.12. The molecule has 2 heterocycles. The van der Waals surface area contributed by atoms with Gasteiger partial charge in [0.05, 0.1) is 5.69 Å². The molecule has 1 aromatic rings. The van der Waals surface area contributed by atoms with Crippen molar-refractivity contribution in [1.29, 1.82) is 0 Å². The first-order valence-corrected chi connectivity index (χ1v) is 6.34. The Bertz CT molecular complexity index is 444. The zero-order valence-electron chi connectivity index (χ0n) is 9.68. The van der Waals surface area contributed by atoms with Crippen LogP contribution in [-0.4, -0.2) is 48.3 Å². The summed E-state index contributed by atoms with van der Waals surface area (Å²) < 4.78 is 0. The van der Waals surface area contributed by atoms with Gasteiger partial charge in [-0.05, 0) is 17.9 Å². The van der Waals surface area contributed by atoms with Crippen molar-refractivity contribution >= 4 is 28.8 Å². The number of likely N-dealkylation sites (N-methyl/N-ethyl adjacent to an activating group) is 1. The van der Waals surface area contributed by atoms with E-state index in [1.807, 2.05) is 0 Å². The molecule has 0 bridgehead atoms. The zero-order valence-corrected chi connectivity index (χ0v) is 10.5. The molecule has 0 aromatic carbocycles. The first-order valence-electron chi connectivity index (χ1n) is 5.46. The number of amides is 2. The van der Waals surface area contributed by atoms with Crippen LogP contribution in [0.1, 0.15) is 16.1 Å². The highest BCUT2D eigenvalue weighted by Crippen LogP contribution is 2.21. The number of carbonyl (C=O) groups is 2. The maximum atomic E-state index is 12.2. The lowest BCUT2D eigenvalue weighted by Gasteiger charge is -2.19. The van der Waals surface area contributed by atoms with Gasteiger partial charge in [-0.3, -0.25) is 9.59 Å². The van der Waals surface area contributed by atoms with Gasteiger partial charge in [-0.1, -0.05) is 0 Å². The fraction of sp³-hybridized carbons (Fsp3) is 0.455. The fourth-order valence-electron chi connectivity index (χ4n) is 1.80. The maximum Gasteiger partial charge on any atom is 0.266 e. The van der Waals surface area contributed by atoms with Crippen LogP contribution in [0.2, 0.25) is 0 Å². The number of nitrogen functional groups attached to an aromatic ring is 1. The summed E-state index contributed by atoms with van der Waals surface area (Å²) in [7, 11) is 1.76. The second-order valence-corrected chi connectivity index (χ2v) is 5.02. The molecular weight excluding hydrogens is 238 g/mol. The summed E-state index contributed by atoms with van der Waals surface area (Å²) in [6.45, 7) is 1.45. The van der Waals surface area contributed by atoms with Gasteiger partial charge < -0.3 is 15.5 Å². The molecule has 0 aliphatic carbocycles. The Morgan fingerprint density at radius 2 is 2.24 bits per heavy atom. The normalized spacial score (nSPS) is 17.1. The zero-order chi connectivity index (χ0) is 12.4. The molecule has 0 saturated carbocycles. The van der Waals surface area contributed by atoms with Crippen molar-refractivity contribution in [1.82, 2.24) is 9.80 Å². The molecule has 1 aliphatic heterocycles. The number of thiophene rings is 1. The summed E-state index contributed by atoms with van der Waals surface area (Å²) in [5.41, 5.74) is 6.21. The maximum absolute atomic E-state index is 12.2. The van der Waals surface area contributed by atoms with Crippen molar-refractivity contribution < 1.29 is 9.59 Å². The molecule has 0 unspecified atom stereocenters. The fourth-order valence-corrected chi connectivity index (χ4v) is 2.58. The van der Waals surface area contributed by atoms with Gasteiger partial charge in [0, 0.05) is 20.1 Å². The highest BCUT2D eigenvalue weighted by Gasteiger charge is 2.25. The van der Waals surface area contributed by atoms with Crippen LogP contribution in [0, 0.1) is 0 Å². The van der Waals surface area contributed by atoms with E-state index in [9.17, 15) is 9.59 Å². The van der Waals surface area contributed by atoms with Gasteiger partial charge in [0.2, 0.25) is 5.91 Å². The Morgan fingerprint density at radius 3 is 2.88 bits per heavy atom. The second-order valence-electron chi connectivity index (χ2n) is 4.10. The lowest BCUT2D eigenvalue weighted by molar-refractivity contribution is -0.129. The van der Waals surface area contributed by atoms with Gasteiger partial charge in [-0.2, -0.15) is 0 Å². The lowest BCUT2D eigenvalue weighted by atomic mass is 10.3. The number of anilines is 1. The standard InChI is InChI=1S/C11H15N3O2S/c1-13-4-2-5-14(7-9(13)15)11(16)10-8(12)3-6-17-10/h3,6H,2,4-5,7,12H2,1H3. The van der Waals surface area contributed by atoms with Crippen molar-refractivity contribution in [3.05, 3.63) is 16.3 Å². The van der Waals surface area contributed by atoms with Crippen LogP contribution in [0.25, 0.3) is 0 Å². The Kier molecular flexibility index (Phi) is 3.33. The third-order valence-corrected chi connectivity index (χ3v) is 3.77. The van der Waals surface area contributed by atoms with E-state index >= 15 is 0 Å². The number of nitrogens with zero attached hydrogens (tertiary/aromatic N) is 2. The molecule has 17 heavy (non-hydrogen) atoms. The molecular formula is C11H15N3O2S. The lowest BCUT2D eigenvalue weighted by Crippen LogP contribution is -2.37. The second kappa shape index (κ2) is 4.75. The molecule has 2 amide bonds. The molecule has 2 rings (SSSR count). The molecule has 0 radical (unpaired) electrons. The highest BCUT2D eigenvalue weighted by atomic mass is 32.1. The molecule has 6 heteroatoms. The van der Waals surface area contributed by atoms with Gasteiger partial charge in [-0.25, -0.2) is 0 Å². The van der Waals surface area contributed by atoms with Crippen LogP contribution in [0.3, 0.4) is 0 Å². The van der Waals surface area contributed by atoms with Crippen molar-refractivity contribution in [2.24, 2.45) is 0 Å². The Labute approximate surface area is 104 Å². The van der Waals surface area contributed by atoms with Crippen molar-refractivity contribution in [3.8, 4) is 0 Å². The summed E-state index contributed by atoms with van der Waals surface area (Å²) >= 11 is 1.32. The van der Waals surface area contributed by atoms with E-state index in [2.05, 4.69) is 0 Å². The molecule has 1 saturated heterocycles. The summed E-state index contributed by atoms with van der Waals surface area (Å²) in [4.78, 5) is 27.6. The van der Waals surface area contributed by atoms with E-state index in [0.717, 1.165) is 6.42 Å². The summed E-state index contributed by atoms with van der Waals surface area (Å²) in [5.74, 6) is -0.160. The van der Waals surface area contributed by atoms with Crippen LogP contribution in [-0.2, 0) is 4.79 Å². The van der Waals surface area contributed by atoms with E-state index < -0.39 is 0 Å². The summed E-state index contributed by atoms with van der Waals surface area (Å²) in [6, 6.07) is 1.71. The molecule has 5 nitrogen and oxygen atoms in total.